The molecule has 1 aliphatic rings. The maximum absolute atomic E-state index is 13.9. The number of rotatable bonds is 12. The minimum Gasteiger partial charge on any atom is -0.379 e. The third kappa shape index (κ3) is 8.06. The van der Waals surface area contributed by atoms with Crippen molar-refractivity contribution in [3.8, 4) is 0 Å². The van der Waals surface area contributed by atoms with E-state index in [1.165, 1.54) is 11.3 Å². The number of hydrogen-bond donors (Lipinski definition) is 0. The number of sulfonamides is 1. The van der Waals surface area contributed by atoms with Crippen molar-refractivity contribution in [1.29, 1.82) is 0 Å². The minimum absolute atomic E-state index is 0.194. The lowest BCUT2D eigenvalue weighted by Gasteiger charge is -2.28. The van der Waals surface area contributed by atoms with Crippen LogP contribution in [0.4, 0.5) is 5.13 Å². The SMILES string of the molecule is Cc1cc(Cl)cc2sc(N(CCCN3CCOCC3)C(=O)c3ccc(S(=O)(=O)N(CC(C)C)CC(C)C)cc3)nc12. The summed E-state index contributed by atoms with van der Waals surface area (Å²) in [5.74, 6) is 0.186. The molecule has 8 nitrogen and oxygen atoms in total. The number of aromatic nitrogens is 1. The number of benzene rings is 2. The van der Waals surface area contributed by atoms with E-state index < -0.39 is 10.0 Å². The third-order valence-electron chi connectivity index (χ3n) is 6.95. The van der Waals surface area contributed by atoms with Crippen molar-refractivity contribution in [2.24, 2.45) is 11.8 Å². The van der Waals surface area contributed by atoms with Gasteiger partial charge in [0.15, 0.2) is 5.13 Å². The van der Waals surface area contributed by atoms with Crippen molar-refractivity contribution in [3.05, 3.63) is 52.5 Å². The number of amides is 1. The van der Waals surface area contributed by atoms with Gasteiger partial charge in [-0.2, -0.15) is 4.31 Å². The fourth-order valence-electron chi connectivity index (χ4n) is 4.98. The first-order valence-electron chi connectivity index (χ1n) is 14.2. The summed E-state index contributed by atoms with van der Waals surface area (Å²) in [7, 11) is -3.69. The Labute approximate surface area is 253 Å². The Bertz CT molecular complexity index is 1420. The lowest BCUT2D eigenvalue weighted by atomic mass is 10.2. The summed E-state index contributed by atoms with van der Waals surface area (Å²) >= 11 is 7.74. The van der Waals surface area contributed by atoms with Gasteiger partial charge in [-0.25, -0.2) is 13.4 Å². The number of carbonyl (C=O) groups is 1. The van der Waals surface area contributed by atoms with Gasteiger partial charge >= 0.3 is 0 Å². The molecule has 4 rings (SSSR count). The first kappa shape index (κ1) is 31.8. The summed E-state index contributed by atoms with van der Waals surface area (Å²) in [6.07, 6.45) is 0.771. The standard InChI is InChI=1S/C30H41ClN4O4S2/c1-21(2)19-34(20-22(3)4)41(37,38)26-9-7-24(8-10-26)29(36)35(12-6-11-33-13-15-39-16-14-33)30-32-28-23(5)17-25(31)18-27(28)40-30/h7-10,17-18,21-22H,6,11-16,19-20H2,1-5H3. The van der Waals surface area contributed by atoms with Crippen LogP contribution in [-0.2, 0) is 14.8 Å². The summed E-state index contributed by atoms with van der Waals surface area (Å²) < 4.78 is 34.9. The van der Waals surface area contributed by atoms with Crippen LogP contribution >= 0.6 is 22.9 Å². The molecule has 0 atom stereocenters. The second-order valence-corrected chi connectivity index (χ2v) is 14.8. The third-order valence-corrected chi connectivity index (χ3v) is 10.0. The van der Waals surface area contributed by atoms with E-state index in [-0.39, 0.29) is 22.6 Å². The van der Waals surface area contributed by atoms with Crippen LogP contribution in [0.25, 0.3) is 10.2 Å². The molecule has 1 fully saturated rings. The summed E-state index contributed by atoms with van der Waals surface area (Å²) in [6.45, 7) is 15.4. The molecule has 3 aromatic rings. The smallest absolute Gasteiger partial charge is 0.260 e. The Morgan fingerprint density at radius 1 is 1.07 bits per heavy atom. The fourth-order valence-corrected chi connectivity index (χ4v) is 8.19. The van der Waals surface area contributed by atoms with Gasteiger partial charge in [-0.15, -0.1) is 0 Å². The molecule has 1 aromatic heterocycles. The molecule has 1 saturated heterocycles. The van der Waals surface area contributed by atoms with Crippen LogP contribution in [0.15, 0.2) is 41.3 Å². The normalized spacial score (nSPS) is 15.0. The summed E-state index contributed by atoms with van der Waals surface area (Å²) in [6, 6.07) is 10.1. The molecule has 1 amide bonds. The zero-order valence-corrected chi connectivity index (χ0v) is 27.0. The largest absolute Gasteiger partial charge is 0.379 e. The Balaban J connectivity index is 1.60. The Hall–Kier alpha value is -2.08. The lowest BCUT2D eigenvalue weighted by Crippen LogP contribution is -2.39. The Morgan fingerprint density at radius 3 is 2.32 bits per heavy atom. The van der Waals surface area contributed by atoms with E-state index in [0.29, 0.717) is 35.4 Å². The number of thiazole rings is 1. The predicted octanol–water partition coefficient (Wildman–Crippen LogP) is 5.93. The van der Waals surface area contributed by atoms with Gasteiger partial charge in [0.25, 0.3) is 5.91 Å². The fraction of sp³-hybridized carbons (Fsp3) is 0.533. The number of halogens is 1. The van der Waals surface area contributed by atoms with Crippen LogP contribution in [0.1, 0.15) is 50.0 Å². The molecule has 0 aliphatic carbocycles. The average molecular weight is 621 g/mol. The number of aryl methyl sites for hydroxylation is 1. The van der Waals surface area contributed by atoms with Gasteiger partial charge in [0.05, 0.1) is 28.3 Å². The molecule has 224 valence electrons. The highest BCUT2D eigenvalue weighted by Gasteiger charge is 2.27. The predicted molar refractivity (Wildman–Crippen MR) is 168 cm³/mol. The maximum Gasteiger partial charge on any atom is 0.260 e. The number of nitrogens with zero attached hydrogens (tertiary/aromatic N) is 4. The van der Waals surface area contributed by atoms with Crippen molar-refractivity contribution in [2.45, 2.75) is 45.9 Å². The van der Waals surface area contributed by atoms with E-state index in [0.717, 1.165) is 55.0 Å². The van der Waals surface area contributed by atoms with Crippen molar-refractivity contribution in [2.75, 3.05) is 57.4 Å². The first-order valence-corrected chi connectivity index (χ1v) is 16.9. The quantitative estimate of drug-likeness (QED) is 0.250. The highest BCUT2D eigenvalue weighted by atomic mass is 35.5. The molecule has 1 aliphatic heterocycles. The Kier molecular flexibility index (Phi) is 10.8. The molecule has 0 spiro atoms. The van der Waals surface area contributed by atoms with Crippen LogP contribution in [0.3, 0.4) is 0 Å². The van der Waals surface area contributed by atoms with Crippen molar-refractivity contribution >= 4 is 54.2 Å². The van der Waals surface area contributed by atoms with Crippen LogP contribution in [0.5, 0.6) is 0 Å². The molecule has 2 heterocycles. The number of ether oxygens (including phenoxy) is 1. The molecule has 2 aromatic carbocycles. The van der Waals surface area contributed by atoms with Gasteiger partial charge in [0.2, 0.25) is 10.0 Å². The van der Waals surface area contributed by atoms with Crippen LogP contribution in [0.2, 0.25) is 5.02 Å². The maximum atomic E-state index is 13.9. The minimum atomic E-state index is -3.69. The Morgan fingerprint density at radius 2 is 1.71 bits per heavy atom. The topological polar surface area (TPSA) is 83.0 Å². The highest BCUT2D eigenvalue weighted by molar-refractivity contribution is 7.89. The van der Waals surface area contributed by atoms with Crippen LogP contribution in [0, 0.1) is 18.8 Å². The van der Waals surface area contributed by atoms with Crippen molar-refractivity contribution in [3.63, 3.8) is 0 Å². The molecule has 0 saturated carbocycles. The van der Waals surface area contributed by atoms with Gasteiger partial charge in [0.1, 0.15) is 0 Å². The van der Waals surface area contributed by atoms with E-state index in [1.54, 1.807) is 33.5 Å². The van der Waals surface area contributed by atoms with E-state index >= 15 is 0 Å². The first-order chi connectivity index (χ1) is 19.5. The number of hydrogen-bond acceptors (Lipinski definition) is 7. The number of fused-ring (bicyclic) bond motifs is 1. The zero-order chi connectivity index (χ0) is 29.7. The monoisotopic (exact) mass is 620 g/mol. The van der Waals surface area contributed by atoms with Gasteiger partial charge in [-0.05, 0) is 67.1 Å². The summed E-state index contributed by atoms with van der Waals surface area (Å²) in [4.78, 5) is 23.0. The van der Waals surface area contributed by atoms with Gasteiger partial charge < -0.3 is 4.74 Å². The number of anilines is 1. The molecule has 0 bridgehead atoms. The molecule has 0 N–H and O–H groups in total. The zero-order valence-electron chi connectivity index (χ0n) is 24.6. The van der Waals surface area contributed by atoms with E-state index in [4.69, 9.17) is 21.3 Å². The molecule has 0 unspecified atom stereocenters. The molecular weight excluding hydrogens is 580 g/mol. The average Bonchev–Trinajstić information content (AvgIpc) is 3.34. The molecule has 11 heteroatoms. The number of carbonyl (C=O) groups excluding carboxylic acids is 1. The second kappa shape index (κ2) is 13.9. The van der Waals surface area contributed by atoms with Gasteiger partial charge in [-0.3, -0.25) is 14.6 Å². The van der Waals surface area contributed by atoms with Crippen LogP contribution < -0.4 is 4.90 Å². The highest BCUT2D eigenvalue weighted by Crippen LogP contribution is 2.34. The van der Waals surface area contributed by atoms with E-state index in [9.17, 15) is 13.2 Å². The molecule has 0 radical (unpaired) electrons. The molecular formula is C30H41ClN4O4S2. The summed E-state index contributed by atoms with van der Waals surface area (Å²) in [5, 5.41) is 1.24. The number of morpholine rings is 1. The van der Waals surface area contributed by atoms with Crippen molar-refractivity contribution in [1.82, 2.24) is 14.2 Å². The summed E-state index contributed by atoms with van der Waals surface area (Å²) in [5.41, 5.74) is 2.21. The van der Waals surface area contributed by atoms with Crippen LogP contribution in [-0.4, -0.2) is 81.0 Å². The molecule has 41 heavy (non-hydrogen) atoms. The van der Waals surface area contributed by atoms with E-state index in [2.05, 4.69) is 4.90 Å². The van der Waals surface area contributed by atoms with Crippen molar-refractivity contribution < 1.29 is 17.9 Å². The van der Waals surface area contributed by atoms with E-state index in [1.807, 2.05) is 46.8 Å². The second-order valence-electron chi connectivity index (χ2n) is 11.5. The van der Waals surface area contributed by atoms with Gasteiger partial charge in [-0.1, -0.05) is 50.6 Å². The lowest BCUT2D eigenvalue weighted by molar-refractivity contribution is 0.0376. The van der Waals surface area contributed by atoms with Gasteiger partial charge in [0, 0.05) is 49.9 Å².